The maximum Gasteiger partial charge on any atom is 0.308 e. The van der Waals surface area contributed by atoms with Crippen molar-refractivity contribution in [3.63, 3.8) is 0 Å². The van der Waals surface area contributed by atoms with Crippen LogP contribution in [0.1, 0.15) is 53.5 Å². The second-order valence-electron chi connectivity index (χ2n) is 5.60. The van der Waals surface area contributed by atoms with Crippen LogP contribution in [-0.2, 0) is 11.2 Å². The van der Waals surface area contributed by atoms with Crippen LogP contribution in [0.15, 0.2) is 0 Å². The molecule has 1 fully saturated rings. The van der Waals surface area contributed by atoms with Crippen molar-refractivity contribution < 1.29 is 14.7 Å². The lowest BCUT2D eigenvalue weighted by Gasteiger charge is -2.37. The minimum absolute atomic E-state index is 0.0641. The van der Waals surface area contributed by atoms with Crippen LogP contribution in [0.4, 0.5) is 0 Å². The molecule has 1 N–H and O–H groups in total. The predicted molar refractivity (Wildman–Crippen MR) is 81.7 cm³/mol. The highest BCUT2D eigenvalue weighted by Crippen LogP contribution is 2.28. The quantitative estimate of drug-likeness (QED) is 0.928. The summed E-state index contributed by atoms with van der Waals surface area (Å²) in [6.07, 6.45) is 3.27. The fraction of sp³-hybridized carbons (Fsp3) is 0.667. The standard InChI is InChI=1S/C15H22N2O3S/c1-4-6-12-16-9(2)13(21-12)14(18)17-8-5-7-11(10(17)3)15(19)20/h10-11H,4-8H2,1-3H3,(H,19,20)/t10-,11-/m0/s1. The summed E-state index contributed by atoms with van der Waals surface area (Å²) >= 11 is 1.45. The number of hydrogen-bond donors (Lipinski definition) is 1. The summed E-state index contributed by atoms with van der Waals surface area (Å²) in [5.74, 6) is -1.34. The number of likely N-dealkylation sites (tertiary alicyclic amines) is 1. The lowest BCUT2D eigenvalue weighted by atomic mass is 9.90. The van der Waals surface area contributed by atoms with Crippen molar-refractivity contribution in [3.05, 3.63) is 15.6 Å². The highest BCUT2D eigenvalue weighted by molar-refractivity contribution is 7.13. The van der Waals surface area contributed by atoms with Crippen LogP contribution in [0.5, 0.6) is 0 Å². The van der Waals surface area contributed by atoms with E-state index in [9.17, 15) is 14.7 Å². The van der Waals surface area contributed by atoms with Crippen LogP contribution in [-0.4, -0.2) is 39.5 Å². The molecule has 0 aromatic carbocycles. The Labute approximate surface area is 129 Å². The number of piperidine rings is 1. The molecule has 1 aliphatic heterocycles. The second-order valence-corrected chi connectivity index (χ2v) is 6.68. The molecule has 0 saturated carbocycles. The van der Waals surface area contributed by atoms with Gasteiger partial charge in [0.25, 0.3) is 5.91 Å². The van der Waals surface area contributed by atoms with Gasteiger partial charge in [0, 0.05) is 12.6 Å². The average Bonchev–Trinajstić information content (AvgIpc) is 2.79. The lowest BCUT2D eigenvalue weighted by Crippen LogP contribution is -2.49. The van der Waals surface area contributed by atoms with E-state index in [-0.39, 0.29) is 11.9 Å². The lowest BCUT2D eigenvalue weighted by molar-refractivity contribution is -0.144. The number of carboxylic acid groups (broad SMARTS) is 1. The van der Waals surface area contributed by atoms with Gasteiger partial charge in [-0.15, -0.1) is 11.3 Å². The molecule has 0 radical (unpaired) electrons. The number of aliphatic carboxylic acids is 1. The van der Waals surface area contributed by atoms with E-state index < -0.39 is 11.9 Å². The van der Waals surface area contributed by atoms with Crippen molar-refractivity contribution in [2.45, 2.75) is 52.5 Å². The highest BCUT2D eigenvalue weighted by atomic mass is 32.1. The van der Waals surface area contributed by atoms with Crippen molar-refractivity contribution >= 4 is 23.2 Å². The number of aryl methyl sites for hydroxylation is 2. The highest BCUT2D eigenvalue weighted by Gasteiger charge is 2.36. The zero-order valence-corrected chi connectivity index (χ0v) is 13.6. The van der Waals surface area contributed by atoms with Gasteiger partial charge in [-0.2, -0.15) is 0 Å². The third kappa shape index (κ3) is 3.26. The summed E-state index contributed by atoms with van der Waals surface area (Å²) in [6, 6.07) is -0.264. The second kappa shape index (κ2) is 6.56. The topological polar surface area (TPSA) is 70.5 Å². The minimum Gasteiger partial charge on any atom is -0.481 e. The van der Waals surface area contributed by atoms with Crippen molar-refractivity contribution in [2.75, 3.05) is 6.54 Å². The Morgan fingerprint density at radius 1 is 1.48 bits per heavy atom. The third-order valence-corrected chi connectivity index (χ3v) is 5.27. The van der Waals surface area contributed by atoms with Crippen molar-refractivity contribution in [1.82, 2.24) is 9.88 Å². The molecule has 1 aromatic heterocycles. The van der Waals surface area contributed by atoms with E-state index in [0.29, 0.717) is 17.8 Å². The van der Waals surface area contributed by atoms with E-state index in [1.807, 2.05) is 13.8 Å². The van der Waals surface area contributed by atoms with Gasteiger partial charge in [-0.1, -0.05) is 6.92 Å². The summed E-state index contributed by atoms with van der Waals surface area (Å²) in [4.78, 5) is 30.8. The Hall–Kier alpha value is -1.43. The molecule has 2 atom stereocenters. The van der Waals surface area contributed by atoms with E-state index in [2.05, 4.69) is 11.9 Å². The molecule has 1 saturated heterocycles. The Morgan fingerprint density at radius 2 is 2.19 bits per heavy atom. The number of aromatic nitrogens is 1. The summed E-state index contributed by atoms with van der Waals surface area (Å²) in [7, 11) is 0. The molecule has 0 aliphatic carbocycles. The van der Waals surface area contributed by atoms with Crippen molar-refractivity contribution in [1.29, 1.82) is 0 Å². The van der Waals surface area contributed by atoms with E-state index in [0.717, 1.165) is 30.0 Å². The van der Waals surface area contributed by atoms with Gasteiger partial charge in [0.15, 0.2) is 0 Å². The summed E-state index contributed by atoms with van der Waals surface area (Å²) in [6.45, 7) is 6.40. The summed E-state index contributed by atoms with van der Waals surface area (Å²) < 4.78 is 0. The van der Waals surface area contributed by atoms with E-state index in [4.69, 9.17) is 0 Å². The molecule has 0 spiro atoms. The molecule has 2 heterocycles. The molecule has 2 rings (SSSR count). The van der Waals surface area contributed by atoms with Gasteiger partial charge < -0.3 is 10.0 Å². The van der Waals surface area contributed by atoms with E-state index in [1.54, 1.807) is 4.90 Å². The molecule has 1 aliphatic rings. The van der Waals surface area contributed by atoms with E-state index >= 15 is 0 Å². The molecular formula is C15H22N2O3S. The molecule has 0 bridgehead atoms. The van der Waals surface area contributed by atoms with Crippen molar-refractivity contribution in [3.8, 4) is 0 Å². The predicted octanol–water partition coefficient (Wildman–Crippen LogP) is 2.73. The number of carboxylic acids is 1. The number of carbonyl (C=O) groups excluding carboxylic acids is 1. The van der Waals surface area contributed by atoms with Crippen LogP contribution in [0.25, 0.3) is 0 Å². The number of nitrogens with zero attached hydrogens (tertiary/aromatic N) is 2. The molecule has 1 aromatic rings. The molecule has 5 nitrogen and oxygen atoms in total. The van der Waals surface area contributed by atoms with E-state index in [1.165, 1.54) is 11.3 Å². The molecule has 1 amide bonds. The van der Waals surface area contributed by atoms with Gasteiger partial charge in [-0.05, 0) is 39.5 Å². The van der Waals surface area contributed by atoms with Gasteiger partial charge in [-0.25, -0.2) is 4.98 Å². The Bertz CT molecular complexity index is 541. The Kier molecular flexibility index (Phi) is 4.98. The fourth-order valence-corrected chi connectivity index (χ4v) is 3.98. The van der Waals surface area contributed by atoms with Crippen LogP contribution in [0.3, 0.4) is 0 Å². The first-order valence-corrected chi connectivity index (χ1v) is 8.27. The maximum atomic E-state index is 12.7. The van der Waals surface area contributed by atoms with Crippen LogP contribution >= 0.6 is 11.3 Å². The van der Waals surface area contributed by atoms with Gasteiger partial charge in [-0.3, -0.25) is 9.59 Å². The average molecular weight is 310 g/mol. The summed E-state index contributed by atoms with van der Waals surface area (Å²) in [5.41, 5.74) is 0.762. The fourth-order valence-electron chi connectivity index (χ4n) is 2.86. The number of rotatable bonds is 4. The maximum absolute atomic E-state index is 12.7. The Morgan fingerprint density at radius 3 is 2.81 bits per heavy atom. The van der Waals surface area contributed by atoms with Gasteiger partial charge >= 0.3 is 5.97 Å². The molecule has 0 unspecified atom stereocenters. The zero-order chi connectivity index (χ0) is 15.6. The van der Waals surface area contributed by atoms with Crippen LogP contribution in [0, 0.1) is 12.8 Å². The smallest absolute Gasteiger partial charge is 0.308 e. The molecular weight excluding hydrogens is 288 g/mol. The normalized spacial score (nSPS) is 22.3. The third-order valence-electron chi connectivity index (χ3n) is 4.07. The van der Waals surface area contributed by atoms with Gasteiger partial charge in [0.2, 0.25) is 0 Å². The number of carbonyl (C=O) groups is 2. The van der Waals surface area contributed by atoms with Gasteiger partial charge in [0.05, 0.1) is 16.6 Å². The number of amides is 1. The largest absolute Gasteiger partial charge is 0.481 e. The van der Waals surface area contributed by atoms with Crippen LogP contribution in [0.2, 0.25) is 0 Å². The monoisotopic (exact) mass is 310 g/mol. The molecule has 116 valence electrons. The number of hydrogen-bond acceptors (Lipinski definition) is 4. The minimum atomic E-state index is -0.812. The SMILES string of the molecule is CCCc1nc(C)c(C(=O)N2CCC[C@H](C(=O)O)[C@@H]2C)s1. The first kappa shape index (κ1) is 15.9. The first-order valence-electron chi connectivity index (χ1n) is 7.45. The molecule has 21 heavy (non-hydrogen) atoms. The van der Waals surface area contributed by atoms with Crippen LogP contribution < -0.4 is 0 Å². The summed E-state index contributed by atoms with van der Waals surface area (Å²) in [5, 5.41) is 10.2. The molecule has 6 heteroatoms. The van der Waals surface area contributed by atoms with Gasteiger partial charge in [0.1, 0.15) is 4.88 Å². The Balaban J connectivity index is 2.20. The zero-order valence-electron chi connectivity index (χ0n) is 12.8. The first-order chi connectivity index (χ1) is 9.95. The van der Waals surface area contributed by atoms with Crippen molar-refractivity contribution in [2.24, 2.45) is 5.92 Å². The number of thiazole rings is 1.